The fraction of sp³-hybridized carbons (Fsp3) is 0.316. The Kier molecular flexibility index (Phi) is 6.12. The molecule has 0 fully saturated rings. The van der Waals surface area contributed by atoms with E-state index in [-0.39, 0.29) is 12.3 Å². The van der Waals surface area contributed by atoms with Gasteiger partial charge in [-0.2, -0.15) is 0 Å². The van der Waals surface area contributed by atoms with Crippen LogP contribution in [0.1, 0.15) is 18.9 Å². The lowest BCUT2D eigenvalue weighted by Gasteiger charge is -2.20. The first kappa shape index (κ1) is 18.7. The van der Waals surface area contributed by atoms with Crippen molar-refractivity contribution in [2.75, 3.05) is 25.1 Å². The van der Waals surface area contributed by atoms with E-state index in [1.807, 2.05) is 6.92 Å². The van der Waals surface area contributed by atoms with Crippen molar-refractivity contribution >= 4 is 34.8 Å². The largest absolute Gasteiger partial charge is 0.491 e. The van der Waals surface area contributed by atoms with Crippen molar-refractivity contribution < 1.29 is 19.0 Å². The lowest BCUT2D eigenvalue weighted by atomic mass is 10.1. The Bertz CT molecular complexity index is 810. The van der Waals surface area contributed by atoms with Gasteiger partial charge in [0.15, 0.2) is 11.5 Å². The number of hydrogen-bond donors (Lipinski definition) is 1. The van der Waals surface area contributed by atoms with E-state index in [0.717, 1.165) is 12.0 Å². The standard InChI is InChI=1S/C19H19Cl2NO4/c1-2-5-24-16-4-3-13(20)11-15(16)22-18(23)10-12-8-14(21)19-17(9-12)25-6-7-26-19/h3-4,8-9,11H,2,5-7,10H2,1H3,(H,22,23). The van der Waals surface area contributed by atoms with Crippen LogP contribution >= 0.6 is 23.2 Å². The number of hydrogen-bond acceptors (Lipinski definition) is 4. The summed E-state index contributed by atoms with van der Waals surface area (Å²) >= 11 is 12.3. The van der Waals surface area contributed by atoms with Crippen molar-refractivity contribution in [2.45, 2.75) is 19.8 Å². The Morgan fingerprint density at radius 1 is 1.19 bits per heavy atom. The summed E-state index contributed by atoms with van der Waals surface area (Å²) < 4.78 is 16.7. The molecular formula is C19H19Cl2NO4. The van der Waals surface area contributed by atoms with E-state index in [9.17, 15) is 4.79 Å². The van der Waals surface area contributed by atoms with Crippen LogP contribution in [0.15, 0.2) is 30.3 Å². The number of anilines is 1. The van der Waals surface area contributed by atoms with Gasteiger partial charge in [0.2, 0.25) is 5.91 Å². The average molecular weight is 396 g/mol. The monoisotopic (exact) mass is 395 g/mol. The van der Waals surface area contributed by atoms with Crippen molar-refractivity contribution in [3.8, 4) is 17.2 Å². The molecule has 5 nitrogen and oxygen atoms in total. The smallest absolute Gasteiger partial charge is 0.228 e. The van der Waals surface area contributed by atoms with E-state index in [4.69, 9.17) is 37.4 Å². The first-order chi connectivity index (χ1) is 12.6. The molecule has 7 heteroatoms. The zero-order valence-corrected chi connectivity index (χ0v) is 15.8. The van der Waals surface area contributed by atoms with Crippen LogP contribution in [-0.2, 0) is 11.2 Å². The fourth-order valence-electron chi connectivity index (χ4n) is 2.58. The molecule has 1 amide bonds. The summed E-state index contributed by atoms with van der Waals surface area (Å²) in [5.41, 5.74) is 1.27. The Hall–Kier alpha value is -2.11. The summed E-state index contributed by atoms with van der Waals surface area (Å²) in [6.07, 6.45) is 1.00. The van der Waals surface area contributed by atoms with Crippen molar-refractivity contribution in [3.05, 3.63) is 45.9 Å². The lowest BCUT2D eigenvalue weighted by Crippen LogP contribution is -2.18. The average Bonchev–Trinajstić information content (AvgIpc) is 2.61. The van der Waals surface area contributed by atoms with Crippen LogP contribution in [0.5, 0.6) is 17.2 Å². The Labute approximate surface area is 162 Å². The molecule has 0 spiro atoms. The summed E-state index contributed by atoms with van der Waals surface area (Å²) in [4.78, 5) is 12.5. The molecule has 1 aliphatic heterocycles. The zero-order chi connectivity index (χ0) is 18.5. The van der Waals surface area contributed by atoms with Gasteiger partial charge in [0, 0.05) is 5.02 Å². The molecule has 0 saturated heterocycles. The predicted molar refractivity (Wildman–Crippen MR) is 102 cm³/mol. The van der Waals surface area contributed by atoms with Crippen LogP contribution in [0.3, 0.4) is 0 Å². The third-order valence-electron chi connectivity index (χ3n) is 3.70. The molecule has 26 heavy (non-hydrogen) atoms. The molecule has 0 saturated carbocycles. The highest BCUT2D eigenvalue weighted by Crippen LogP contribution is 2.38. The minimum atomic E-state index is -0.207. The quantitative estimate of drug-likeness (QED) is 0.767. The second kappa shape index (κ2) is 8.52. The van der Waals surface area contributed by atoms with Crippen molar-refractivity contribution in [1.29, 1.82) is 0 Å². The highest BCUT2D eigenvalue weighted by molar-refractivity contribution is 6.32. The molecule has 3 rings (SSSR count). The van der Waals surface area contributed by atoms with Gasteiger partial charge >= 0.3 is 0 Å². The SMILES string of the molecule is CCCOc1ccc(Cl)cc1NC(=O)Cc1cc(Cl)c2c(c1)OCCO2. The fourth-order valence-corrected chi connectivity index (χ4v) is 3.04. The van der Waals surface area contributed by atoms with Gasteiger partial charge in [-0.1, -0.05) is 30.1 Å². The van der Waals surface area contributed by atoms with Crippen LogP contribution in [0.4, 0.5) is 5.69 Å². The van der Waals surface area contributed by atoms with Crippen molar-refractivity contribution in [3.63, 3.8) is 0 Å². The van der Waals surface area contributed by atoms with Gasteiger partial charge in [-0.15, -0.1) is 0 Å². The maximum absolute atomic E-state index is 12.5. The minimum absolute atomic E-state index is 0.135. The van der Waals surface area contributed by atoms with Crippen molar-refractivity contribution in [2.24, 2.45) is 0 Å². The summed E-state index contributed by atoms with van der Waals surface area (Å²) in [6, 6.07) is 8.62. The number of benzene rings is 2. The molecule has 1 aliphatic rings. The van der Waals surface area contributed by atoms with E-state index >= 15 is 0 Å². The van der Waals surface area contributed by atoms with E-state index in [2.05, 4.69) is 5.32 Å². The van der Waals surface area contributed by atoms with E-state index < -0.39 is 0 Å². The Morgan fingerprint density at radius 2 is 2.00 bits per heavy atom. The Morgan fingerprint density at radius 3 is 2.81 bits per heavy atom. The van der Waals surface area contributed by atoms with Crippen LogP contribution in [0.25, 0.3) is 0 Å². The molecule has 0 aromatic heterocycles. The van der Waals surface area contributed by atoms with Gasteiger partial charge in [-0.25, -0.2) is 0 Å². The van der Waals surface area contributed by atoms with Crippen LogP contribution in [0, 0.1) is 0 Å². The second-order valence-corrected chi connectivity index (χ2v) is 6.66. The molecule has 0 bridgehead atoms. The second-order valence-electron chi connectivity index (χ2n) is 5.82. The zero-order valence-electron chi connectivity index (χ0n) is 14.3. The highest BCUT2D eigenvalue weighted by Gasteiger charge is 2.18. The molecule has 0 unspecified atom stereocenters. The number of halogens is 2. The minimum Gasteiger partial charge on any atom is -0.491 e. The molecule has 2 aromatic rings. The normalized spacial score (nSPS) is 12.6. The first-order valence-electron chi connectivity index (χ1n) is 8.37. The van der Waals surface area contributed by atoms with Gasteiger partial charge in [0.05, 0.1) is 23.7 Å². The maximum atomic E-state index is 12.5. The molecule has 0 radical (unpaired) electrons. The lowest BCUT2D eigenvalue weighted by molar-refractivity contribution is -0.115. The number of ether oxygens (including phenoxy) is 3. The third-order valence-corrected chi connectivity index (χ3v) is 4.21. The number of carbonyl (C=O) groups excluding carboxylic acids is 1. The molecule has 0 atom stereocenters. The number of rotatable bonds is 6. The summed E-state index contributed by atoms with van der Waals surface area (Å²) in [5, 5.41) is 3.79. The molecule has 0 aliphatic carbocycles. The van der Waals surface area contributed by atoms with E-state index in [0.29, 0.717) is 52.8 Å². The number of nitrogens with one attached hydrogen (secondary N) is 1. The molecule has 2 aromatic carbocycles. The topological polar surface area (TPSA) is 56.8 Å². The summed E-state index contributed by atoms with van der Waals surface area (Å²) in [6.45, 7) is 3.49. The van der Waals surface area contributed by atoms with E-state index in [1.165, 1.54) is 0 Å². The predicted octanol–water partition coefficient (Wildman–Crippen LogP) is 4.73. The van der Waals surface area contributed by atoms with Gasteiger partial charge in [0.25, 0.3) is 0 Å². The summed E-state index contributed by atoms with van der Waals surface area (Å²) in [5.74, 6) is 1.46. The van der Waals surface area contributed by atoms with E-state index in [1.54, 1.807) is 30.3 Å². The molecule has 1 heterocycles. The van der Waals surface area contributed by atoms with Crippen molar-refractivity contribution in [1.82, 2.24) is 0 Å². The Balaban J connectivity index is 1.73. The number of fused-ring (bicyclic) bond motifs is 1. The van der Waals surface area contributed by atoms with Gasteiger partial charge < -0.3 is 19.5 Å². The summed E-state index contributed by atoms with van der Waals surface area (Å²) in [7, 11) is 0. The third kappa shape index (κ3) is 4.54. The highest BCUT2D eigenvalue weighted by atomic mass is 35.5. The van der Waals surface area contributed by atoms with Gasteiger partial charge in [-0.3, -0.25) is 4.79 Å². The van der Waals surface area contributed by atoms with Crippen LogP contribution in [-0.4, -0.2) is 25.7 Å². The number of carbonyl (C=O) groups is 1. The van der Waals surface area contributed by atoms with Crippen LogP contribution < -0.4 is 19.5 Å². The maximum Gasteiger partial charge on any atom is 0.228 e. The van der Waals surface area contributed by atoms with Crippen LogP contribution in [0.2, 0.25) is 10.0 Å². The molecular weight excluding hydrogens is 377 g/mol. The van der Waals surface area contributed by atoms with Gasteiger partial charge in [-0.05, 0) is 42.3 Å². The van der Waals surface area contributed by atoms with Gasteiger partial charge in [0.1, 0.15) is 19.0 Å². The number of amides is 1. The first-order valence-corrected chi connectivity index (χ1v) is 9.12. The molecule has 1 N–H and O–H groups in total. The molecule has 138 valence electrons.